The van der Waals surface area contributed by atoms with E-state index in [1.165, 1.54) is 11.3 Å². The van der Waals surface area contributed by atoms with Gasteiger partial charge in [0.1, 0.15) is 0 Å². The third kappa shape index (κ3) is 6.68. The predicted molar refractivity (Wildman–Crippen MR) is 99.2 cm³/mol. The van der Waals surface area contributed by atoms with Crippen LogP contribution >= 0.6 is 11.3 Å². The summed E-state index contributed by atoms with van der Waals surface area (Å²) in [6.45, 7) is 2.05. The van der Waals surface area contributed by atoms with Crippen molar-refractivity contribution in [3.8, 4) is 0 Å². The molecule has 0 bridgehead atoms. The van der Waals surface area contributed by atoms with Crippen LogP contribution in [0.3, 0.4) is 0 Å². The lowest BCUT2D eigenvalue weighted by Gasteiger charge is -2.08. The molecule has 7 heteroatoms. The van der Waals surface area contributed by atoms with Crippen LogP contribution in [0, 0.1) is 0 Å². The maximum Gasteiger partial charge on any atom is 0.338 e. The molecule has 0 unspecified atom stereocenters. The molecule has 26 heavy (non-hydrogen) atoms. The number of carbonyl (C=O) groups excluding carboxylic acids is 3. The van der Waals surface area contributed by atoms with Gasteiger partial charge in [0.25, 0.3) is 5.91 Å². The van der Waals surface area contributed by atoms with Crippen LogP contribution in [0.2, 0.25) is 0 Å². The lowest BCUT2D eigenvalue weighted by atomic mass is 10.2. The summed E-state index contributed by atoms with van der Waals surface area (Å²) in [5, 5.41) is 6.34. The van der Waals surface area contributed by atoms with E-state index in [0.717, 1.165) is 18.4 Å². The lowest BCUT2D eigenvalue weighted by molar-refractivity contribution is -0.146. The van der Waals surface area contributed by atoms with Crippen LogP contribution in [0.4, 0.5) is 5.69 Å². The van der Waals surface area contributed by atoms with Gasteiger partial charge in [-0.25, -0.2) is 4.79 Å². The van der Waals surface area contributed by atoms with Crippen molar-refractivity contribution < 1.29 is 23.9 Å². The summed E-state index contributed by atoms with van der Waals surface area (Å²) < 4.78 is 10.1. The minimum absolute atomic E-state index is 0.144. The van der Waals surface area contributed by atoms with Crippen LogP contribution < -0.4 is 5.32 Å². The topological polar surface area (TPSA) is 81.7 Å². The number of benzene rings is 1. The Kier molecular flexibility index (Phi) is 7.82. The summed E-state index contributed by atoms with van der Waals surface area (Å²) in [6, 6.07) is 8.18. The van der Waals surface area contributed by atoms with Crippen molar-refractivity contribution >= 4 is 34.9 Å². The number of ether oxygens (including phenoxy) is 2. The summed E-state index contributed by atoms with van der Waals surface area (Å²) in [5.74, 6) is -1.29. The van der Waals surface area contributed by atoms with E-state index in [0.29, 0.717) is 17.9 Å². The molecule has 0 aliphatic heterocycles. The second-order valence-electron chi connectivity index (χ2n) is 5.58. The second-order valence-corrected chi connectivity index (χ2v) is 6.36. The quantitative estimate of drug-likeness (QED) is 0.536. The fourth-order valence-corrected chi connectivity index (χ4v) is 2.70. The van der Waals surface area contributed by atoms with E-state index in [2.05, 4.69) is 5.32 Å². The highest BCUT2D eigenvalue weighted by Crippen LogP contribution is 2.11. The van der Waals surface area contributed by atoms with Gasteiger partial charge in [-0.15, -0.1) is 0 Å². The van der Waals surface area contributed by atoms with Gasteiger partial charge in [-0.2, -0.15) is 11.3 Å². The molecular formula is C19H21NO5S. The molecule has 0 saturated carbocycles. The molecular weight excluding hydrogens is 354 g/mol. The van der Waals surface area contributed by atoms with Gasteiger partial charge in [-0.05, 0) is 53.1 Å². The van der Waals surface area contributed by atoms with Gasteiger partial charge in [0.05, 0.1) is 18.6 Å². The fourth-order valence-electron chi connectivity index (χ4n) is 2.04. The zero-order chi connectivity index (χ0) is 18.8. The number of rotatable bonds is 9. The zero-order valence-corrected chi connectivity index (χ0v) is 15.3. The smallest absolute Gasteiger partial charge is 0.338 e. The van der Waals surface area contributed by atoms with E-state index in [1.807, 2.05) is 23.8 Å². The normalized spacial score (nSPS) is 10.2. The molecule has 2 aromatic rings. The Hall–Kier alpha value is -2.67. The average Bonchev–Trinajstić information content (AvgIpc) is 3.13. The molecule has 0 radical (unpaired) electrons. The molecule has 1 N–H and O–H groups in total. The van der Waals surface area contributed by atoms with Crippen LogP contribution in [-0.2, 0) is 25.5 Å². The van der Waals surface area contributed by atoms with Gasteiger partial charge in [0.15, 0.2) is 6.61 Å². The number of hydrogen-bond donors (Lipinski definition) is 1. The Bertz CT molecular complexity index is 725. The first-order valence-corrected chi connectivity index (χ1v) is 9.26. The highest BCUT2D eigenvalue weighted by molar-refractivity contribution is 7.08. The summed E-state index contributed by atoms with van der Waals surface area (Å²) >= 11 is 1.50. The van der Waals surface area contributed by atoms with E-state index in [1.54, 1.807) is 24.3 Å². The maximum atomic E-state index is 11.8. The second kappa shape index (κ2) is 10.4. The van der Waals surface area contributed by atoms with Crippen LogP contribution in [0.25, 0.3) is 0 Å². The van der Waals surface area contributed by atoms with E-state index in [4.69, 9.17) is 9.47 Å². The zero-order valence-electron chi connectivity index (χ0n) is 14.5. The van der Waals surface area contributed by atoms with Crippen molar-refractivity contribution in [1.29, 1.82) is 0 Å². The molecule has 0 aliphatic carbocycles. The van der Waals surface area contributed by atoms with Crippen LogP contribution in [0.1, 0.15) is 35.7 Å². The van der Waals surface area contributed by atoms with Gasteiger partial charge < -0.3 is 14.8 Å². The molecule has 0 spiro atoms. The number of anilines is 1. The van der Waals surface area contributed by atoms with Gasteiger partial charge in [0, 0.05) is 5.69 Å². The first kappa shape index (κ1) is 19.7. The van der Waals surface area contributed by atoms with Crippen molar-refractivity contribution in [2.75, 3.05) is 18.5 Å². The number of carbonyl (C=O) groups is 3. The first-order chi connectivity index (χ1) is 12.6. The van der Waals surface area contributed by atoms with Gasteiger partial charge in [-0.3, -0.25) is 9.59 Å². The third-order valence-corrected chi connectivity index (χ3v) is 4.16. The summed E-state index contributed by atoms with van der Waals surface area (Å²) in [4.78, 5) is 35.3. The molecule has 1 aromatic heterocycles. The molecule has 138 valence electrons. The minimum atomic E-state index is -0.455. The van der Waals surface area contributed by atoms with Gasteiger partial charge in [0.2, 0.25) is 0 Å². The molecule has 0 atom stereocenters. The van der Waals surface area contributed by atoms with Gasteiger partial charge in [-0.1, -0.05) is 13.3 Å². The largest absolute Gasteiger partial charge is 0.462 e. The lowest BCUT2D eigenvalue weighted by Crippen LogP contribution is -2.21. The highest BCUT2D eigenvalue weighted by atomic mass is 32.1. The standard InChI is InChI=1S/C19H21NO5S/c1-2-3-9-24-19(23)15-4-6-16(7-5-15)20-17(21)12-25-18(22)11-14-8-10-26-13-14/h4-8,10,13H,2-3,9,11-12H2,1H3,(H,20,21). The minimum Gasteiger partial charge on any atom is -0.462 e. The maximum absolute atomic E-state index is 11.8. The SMILES string of the molecule is CCCCOC(=O)c1ccc(NC(=O)COC(=O)Cc2ccsc2)cc1. The summed E-state index contributed by atoms with van der Waals surface area (Å²) in [7, 11) is 0. The molecule has 1 aromatic carbocycles. The molecule has 1 amide bonds. The molecule has 0 aliphatic rings. The number of unbranched alkanes of at least 4 members (excludes halogenated alkanes) is 1. The van der Waals surface area contributed by atoms with Crippen molar-refractivity contribution in [2.45, 2.75) is 26.2 Å². The number of thiophene rings is 1. The number of esters is 2. The Labute approximate surface area is 156 Å². The number of hydrogen-bond acceptors (Lipinski definition) is 6. The van der Waals surface area contributed by atoms with Crippen molar-refractivity contribution in [3.05, 3.63) is 52.2 Å². The monoisotopic (exact) mass is 375 g/mol. The Balaban J connectivity index is 1.74. The van der Waals surface area contributed by atoms with E-state index < -0.39 is 17.8 Å². The third-order valence-electron chi connectivity index (χ3n) is 3.43. The molecule has 0 fully saturated rings. The fraction of sp³-hybridized carbons (Fsp3) is 0.316. The molecule has 0 saturated heterocycles. The summed E-state index contributed by atoms with van der Waals surface area (Å²) in [5.41, 5.74) is 1.79. The Morgan fingerprint density at radius 2 is 1.85 bits per heavy atom. The van der Waals surface area contributed by atoms with Crippen LogP contribution in [-0.4, -0.2) is 31.1 Å². The predicted octanol–water partition coefficient (Wildman–Crippen LogP) is 3.43. The van der Waals surface area contributed by atoms with Crippen molar-refractivity contribution in [3.63, 3.8) is 0 Å². The van der Waals surface area contributed by atoms with Gasteiger partial charge >= 0.3 is 11.9 Å². The molecule has 6 nitrogen and oxygen atoms in total. The molecule has 2 rings (SSSR count). The van der Waals surface area contributed by atoms with E-state index in [-0.39, 0.29) is 13.0 Å². The van der Waals surface area contributed by atoms with E-state index in [9.17, 15) is 14.4 Å². The van der Waals surface area contributed by atoms with E-state index >= 15 is 0 Å². The highest BCUT2D eigenvalue weighted by Gasteiger charge is 2.10. The number of amides is 1. The van der Waals surface area contributed by atoms with Crippen molar-refractivity contribution in [2.24, 2.45) is 0 Å². The summed E-state index contributed by atoms with van der Waals surface area (Å²) in [6.07, 6.45) is 1.92. The Morgan fingerprint density at radius 3 is 2.50 bits per heavy atom. The first-order valence-electron chi connectivity index (χ1n) is 8.32. The van der Waals surface area contributed by atoms with Crippen LogP contribution in [0.15, 0.2) is 41.1 Å². The number of nitrogens with one attached hydrogen (secondary N) is 1. The average molecular weight is 375 g/mol. The van der Waals surface area contributed by atoms with Crippen molar-refractivity contribution in [1.82, 2.24) is 0 Å². The molecule has 1 heterocycles. The van der Waals surface area contributed by atoms with Crippen LogP contribution in [0.5, 0.6) is 0 Å². The Morgan fingerprint density at radius 1 is 1.08 bits per heavy atom.